The summed E-state index contributed by atoms with van der Waals surface area (Å²) in [5.74, 6) is 0.871. The van der Waals surface area contributed by atoms with E-state index in [1.54, 1.807) is 6.20 Å². The Hall–Kier alpha value is -2.56. The summed E-state index contributed by atoms with van der Waals surface area (Å²) in [4.78, 5) is 4.42. The van der Waals surface area contributed by atoms with Crippen LogP contribution >= 0.6 is 0 Å². The molecule has 2 heterocycles. The molecule has 0 atom stereocenters. The van der Waals surface area contributed by atoms with Gasteiger partial charge in [0.1, 0.15) is 16.8 Å². The Morgan fingerprint density at radius 2 is 2.05 bits per heavy atom. The maximum absolute atomic E-state index is 5.43. The lowest BCUT2D eigenvalue weighted by Crippen LogP contribution is -1.95. The number of rotatable bonds is 4. The number of nitrogens with zero attached hydrogens (tertiary/aromatic N) is 2. The minimum absolute atomic E-state index is 0.672. The van der Waals surface area contributed by atoms with E-state index in [0.717, 1.165) is 33.9 Å². The molecule has 0 amide bonds. The summed E-state index contributed by atoms with van der Waals surface area (Å²) in [7, 11) is 0. The first-order valence-corrected chi connectivity index (χ1v) is 6.57. The second-order valence-electron chi connectivity index (χ2n) is 4.52. The van der Waals surface area contributed by atoms with E-state index in [1.165, 1.54) is 0 Å². The van der Waals surface area contributed by atoms with Crippen LogP contribution < -0.4 is 10.1 Å². The smallest absolute Gasteiger partial charge is 0.119 e. The SMILES string of the molecule is CCOc1ccc(Nc2cc(C)nc3cn[nH]c23)cc1. The monoisotopic (exact) mass is 268 g/mol. The van der Waals surface area contributed by atoms with Gasteiger partial charge < -0.3 is 10.1 Å². The third kappa shape index (κ3) is 2.42. The van der Waals surface area contributed by atoms with Gasteiger partial charge in [-0.25, -0.2) is 4.98 Å². The number of nitrogens with one attached hydrogen (secondary N) is 2. The Morgan fingerprint density at radius 1 is 1.25 bits per heavy atom. The Balaban J connectivity index is 1.90. The van der Waals surface area contributed by atoms with Crippen molar-refractivity contribution in [2.45, 2.75) is 13.8 Å². The van der Waals surface area contributed by atoms with Gasteiger partial charge in [0.05, 0.1) is 18.5 Å². The number of pyridine rings is 1. The van der Waals surface area contributed by atoms with E-state index in [-0.39, 0.29) is 0 Å². The third-order valence-corrected chi connectivity index (χ3v) is 2.98. The molecule has 0 unspecified atom stereocenters. The molecule has 0 spiro atoms. The van der Waals surface area contributed by atoms with Crippen molar-refractivity contribution in [3.63, 3.8) is 0 Å². The molecule has 2 N–H and O–H groups in total. The second-order valence-corrected chi connectivity index (χ2v) is 4.52. The van der Waals surface area contributed by atoms with Crippen molar-refractivity contribution in [2.24, 2.45) is 0 Å². The fourth-order valence-electron chi connectivity index (χ4n) is 2.12. The molecule has 5 heteroatoms. The zero-order valence-electron chi connectivity index (χ0n) is 11.5. The van der Waals surface area contributed by atoms with Crippen LogP contribution in [0, 0.1) is 6.92 Å². The first-order chi connectivity index (χ1) is 9.76. The molecule has 0 bridgehead atoms. The van der Waals surface area contributed by atoms with Gasteiger partial charge in [0.15, 0.2) is 0 Å². The van der Waals surface area contributed by atoms with Crippen LogP contribution in [0.25, 0.3) is 11.0 Å². The number of aromatic nitrogens is 3. The van der Waals surface area contributed by atoms with Crippen LogP contribution in [0.4, 0.5) is 11.4 Å². The fraction of sp³-hybridized carbons (Fsp3) is 0.200. The summed E-state index contributed by atoms with van der Waals surface area (Å²) in [6.45, 7) is 4.61. The minimum Gasteiger partial charge on any atom is -0.494 e. The van der Waals surface area contributed by atoms with Gasteiger partial charge in [0.25, 0.3) is 0 Å². The Kier molecular flexibility index (Phi) is 3.25. The predicted octanol–water partition coefficient (Wildman–Crippen LogP) is 3.41. The lowest BCUT2D eigenvalue weighted by molar-refractivity contribution is 0.340. The van der Waals surface area contributed by atoms with Crippen LogP contribution in [0.5, 0.6) is 5.75 Å². The number of aryl methyl sites for hydroxylation is 1. The van der Waals surface area contributed by atoms with Crippen LogP contribution in [0.15, 0.2) is 36.5 Å². The summed E-state index contributed by atoms with van der Waals surface area (Å²) < 4.78 is 5.43. The molecule has 0 saturated carbocycles. The third-order valence-electron chi connectivity index (χ3n) is 2.98. The van der Waals surface area contributed by atoms with Crippen molar-refractivity contribution >= 4 is 22.4 Å². The highest BCUT2D eigenvalue weighted by Crippen LogP contribution is 2.25. The van der Waals surface area contributed by atoms with Gasteiger partial charge in [-0.05, 0) is 44.2 Å². The van der Waals surface area contributed by atoms with Crippen molar-refractivity contribution in [3.05, 3.63) is 42.2 Å². The molecule has 102 valence electrons. The van der Waals surface area contributed by atoms with Crippen molar-refractivity contribution in [1.82, 2.24) is 15.2 Å². The maximum atomic E-state index is 5.43. The van der Waals surface area contributed by atoms with E-state index >= 15 is 0 Å². The Morgan fingerprint density at radius 3 is 2.80 bits per heavy atom. The minimum atomic E-state index is 0.672. The molecule has 2 aromatic heterocycles. The van der Waals surface area contributed by atoms with Crippen LogP contribution in [-0.4, -0.2) is 21.8 Å². The van der Waals surface area contributed by atoms with Gasteiger partial charge >= 0.3 is 0 Å². The van der Waals surface area contributed by atoms with Crippen LogP contribution in [0.3, 0.4) is 0 Å². The van der Waals surface area contributed by atoms with E-state index in [0.29, 0.717) is 6.61 Å². The molecule has 5 nitrogen and oxygen atoms in total. The molecule has 20 heavy (non-hydrogen) atoms. The van der Waals surface area contributed by atoms with Crippen molar-refractivity contribution < 1.29 is 4.74 Å². The Labute approximate surface area is 117 Å². The van der Waals surface area contributed by atoms with E-state index in [1.807, 2.05) is 44.2 Å². The van der Waals surface area contributed by atoms with E-state index in [2.05, 4.69) is 20.5 Å². The normalized spacial score (nSPS) is 10.7. The second kappa shape index (κ2) is 5.21. The zero-order valence-corrected chi connectivity index (χ0v) is 11.5. The highest BCUT2D eigenvalue weighted by atomic mass is 16.5. The van der Waals surface area contributed by atoms with Gasteiger partial charge in [-0.3, -0.25) is 5.10 Å². The molecule has 0 aliphatic heterocycles. The van der Waals surface area contributed by atoms with Gasteiger partial charge in [-0.1, -0.05) is 0 Å². The standard InChI is InChI=1S/C15H16N4O/c1-3-20-12-6-4-11(5-7-12)18-13-8-10(2)17-14-9-16-19-15(13)14/h4-9H,3H2,1-2H3,(H,16,19)(H,17,18). The number of hydrogen-bond acceptors (Lipinski definition) is 4. The maximum Gasteiger partial charge on any atom is 0.119 e. The number of fused-ring (bicyclic) bond motifs is 1. The molecule has 1 aromatic carbocycles. The summed E-state index contributed by atoms with van der Waals surface area (Å²) in [5.41, 5.74) is 4.68. The molecule has 0 radical (unpaired) electrons. The summed E-state index contributed by atoms with van der Waals surface area (Å²) >= 11 is 0. The van der Waals surface area contributed by atoms with Crippen molar-refractivity contribution in [1.29, 1.82) is 0 Å². The van der Waals surface area contributed by atoms with Gasteiger partial charge in [-0.15, -0.1) is 0 Å². The Bertz CT molecular complexity index is 718. The highest BCUT2D eigenvalue weighted by molar-refractivity contribution is 5.89. The highest BCUT2D eigenvalue weighted by Gasteiger charge is 2.06. The number of H-pyrrole nitrogens is 1. The molecule has 0 aliphatic carbocycles. The average Bonchev–Trinajstić information content (AvgIpc) is 2.89. The quantitative estimate of drug-likeness (QED) is 0.761. The summed E-state index contributed by atoms with van der Waals surface area (Å²) in [5, 5.41) is 10.4. The van der Waals surface area contributed by atoms with E-state index in [9.17, 15) is 0 Å². The van der Waals surface area contributed by atoms with Gasteiger partial charge in [0.2, 0.25) is 0 Å². The van der Waals surface area contributed by atoms with Crippen molar-refractivity contribution in [2.75, 3.05) is 11.9 Å². The summed E-state index contributed by atoms with van der Waals surface area (Å²) in [6, 6.07) is 9.87. The topological polar surface area (TPSA) is 62.8 Å². The lowest BCUT2D eigenvalue weighted by Gasteiger charge is -2.09. The first-order valence-electron chi connectivity index (χ1n) is 6.57. The molecule has 0 aliphatic rings. The molecule has 0 fully saturated rings. The number of ether oxygens (including phenoxy) is 1. The molecular weight excluding hydrogens is 252 g/mol. The average molecular weight is 268 g/mol. The fourth-order valence-corrected chi connectivity index (χ4v) is 2.12. The summed E-state index contributed by atoms with van der Waals surface area (Å²) in [6.07, 6.45) is 1.73. The number of aromatic amines is 1. The lowest BCUT2D eigenvalue weighted by atomic mass is 10.2. The van der Waals surface area contributed by atoms with Crippen molar-refractivity contribution in [3.8, 4) is 5.75 Å². The molecule has 0 saturated heterocycles. The molecule has 3 aromatic rings. The van der Waals surface area contributed by atoms with Crippen LogP contribution in [-0.2, 0) is 0 Å². The largest absolute Gasteiger partial charge is 0.494 e. The molecule has 3 rings (SSSR count). The number of anilines is 2. The first kappa shape index (κ1) is 12.5. The van der Waals surface area contributed by atoms with Gasteiger partial charge in [0, 0.05) is 11.4 Å². The number of hydrogen-bond donors (Lipinski definition) is 2. The van der Waals surface area contributed by atoms with E-state index in [4.69, 9.17) is 4.74 Å². The van der Waals surface area contributed by atoms with Crippen LogP contribution in [0.1, 0.15) is 12.6 Å². The zero-order chi connectivity index (χ0) is 13.9. The van der Waals surface area contributed by atoms with E-state index < -0.39 is 0 Å². The number of benzene rings is 1. The molecular formula is C15H16N4O. The van der Waals surface area contributed by atoms with Gasteiger partial charge in [-0.2, -0.15) is 5.10 Å². The van der Waals surface area contributed by atoms with Crippen LogP contribution in [0.2, 0.25) is 0 Å². The predicted molar refractivity (Wildman–Crippen MR) is 79.5 cm³/mol.